The van der Waals surface area contributed by atoms with Crippen LogP contribution in [0.15, 0.2) is 0 Å². The second-order valence-electron chi connectivity index (χ2n) is 3.95. The fraction of sp³-hybridized carbons (Fsp3) is 1.00. The van der Waals surface area contributed by atoms with Crippen molar-refractivity contribution in [3.63, 3.8) is 0 Å². The predicted octanol–water partition coefficient (Wildman–Crippen LogP) is 0.844. The van der Waals surface area contributed by atoms with Crippen molar-refractivity contribution in [1.29, 1.82) is 0 Å². The molecule has 0 amide bonds. The van der Waals surface area contributed by atoms with Crippen LogP contribution >= 0.6 is 0 Å². The molecule has 0 aromatic heterocycles. The maximum Gasteiger partial charge on any atom is 0.171 e. The molecule has 2 rings (SSSR count). The average Bonchev–Trinajstić information content (AvgIpc) is 2.40. The average molecular weight is 171 g/mol. The summed E-state index contributed by atoms with van der Waals surface area (Å²) >= 11 is 0. The molecule has 2 heterocycles. The lowest BCUT2D eigenvalue weighted by atomic mass is 10.0. The Kier molecular flexibility index (Phi) is 2.10. The maximum atomic E-state index is 5.79. The van der Waals surface area contributed by atoms with Gasteiger partial charge in [-0.1, -0.05) is 0 Å². The smallest absolute Gasteiger partial charge is 0.171 e. The molecule has 1 atom stereocenters. The Bertz CT molecular complexity index is 164. The minimum atomic E-state index is -0.216. The number of rotatable bonds is 0. The summed E-state index contributed by atoms with van der Waals surface area (Å²) in [5, 5.41) is 0. The summed E-state index contributed by atoms with van der Waals surface area (Å²) in [4.78, 5) is 2.32. The topological polar surface area (TPSA) is 21.7 Å². The zero-order chi connectivity index (χ0) is 8.60. The molecule has 2 aliphatic rings. The summed E-state index contributed by atoms with van der Waals surface area (Å²) in [5.41, 5.74) is 0. The van der Waals surface area contributed by atoms with Gasteiger partial charge in [0, 0.05) is 25.9 Å². The molecule has 1 spiro atoms. The Labute approximate surface area is 73.6 Å². The molecular formula is C9H17NO2. The molecule has 0 saturated carbocycles. The lowest BCUT2D eigenvalue weighted by Crippen LogP contribution is -2.43. The lowest BCUT2D eigenvalue weighted by Gasteiger charge is -2.36. The highest BCUT2D eigenvalue weighted by Crippen LogP contribution is 2.33. The lowest BCUT2D eigenvalue weighted by molar-refractivity contribution is -0.191. The van der Waals surface area contributed by atoms with E-state index in [-0.39, 0.29) is 11.9 Å². The first kappa shape index (κ1) is 8.48. The number of likely N-dealkylation sites (tertiary alicyclic amines) is 1. The van der Waals surface area contributed by atoms with Gasteiger partial charge in [0.05, 0.1) is 12.7 Å². The van der Waals surface area contributed by atoms with Crippen LogP contribution in [0.25, 0.3) is 0 Å². The van der Waals surface area contributed by atoms with Gasteiger partial charge in [0.2, 0.25) is 0 Å². The van der Waals surface area contributed by atoms with Gasteiger partial charge in [-0.05, 0) is 14.0 Å². The Hall–Kier alpha value is -0.120. The first-order chi connectivity index (χ1) is 5.70. The van der Waals surface area contributed by atoms with Crippen molar-refractivity contribution in [1.82, 2.24) is 4.90 Å². The molecule has 0 unspecified atom stereocenters. The van der Waals surface area contributed by atoms with E-state index in [9.17, 15) is 0 Å². The quantitative estimate of drug-likeness (QED) is 0.539. The van der Waals surface area contributed by atoms with Gasteiger partial charge < -0.3 is 14.4 Å². The molecule has 0 aromatic carbocycles. The maximum absolute atomic E-state index is 5.79. The van der Waals surface area contributed by atoms with Crippen molar-refractivity contribution in [3.8, 4) is 0 Å². The molecule has 2 fully saturated rings. The van der Waals surface area contributed by atoms with E-state index in [4.69, 9.17) is 9.47 Å². The Morgan fingerprint density at radius 3 is 2.50 bits per heavy atom. The van der Waals surface area contributed by atoms with Gasteiger partial charge in [-0.2, -0.15) is 0 Å². The van der Waals surface area contributed by atoms with Crippen molar-refractivity contribution in [2.24, 2.45) is 0 Å². The predicted molar refractivity (Wildman–Crippen MR) is 46.0 cm³/mol. The van der Waals surface area contributed by atoms with Crippen LogP contribution in [0.3, 0.4) is 0 Å². The standard InChI is InChI=1S/C9H17NO2/c1-8-7-11-9(12-8)3-5-10(2)6-4-9/h8H,3-7H2,1-2H3/t8-/m0/s1. The first-order valence-corrected chi connectivity index (χ1v) is 4.71. The van der Waals surface area contributed by atoms with Gasteiger partial charge in [0.1, 0.15) is 0 Å². The van der Waals surface area contributed by atoms with Crippen LogP contribution in [0.4, 0.5) is 0 Å². The van der Waals surface area contributed by atoms with Crippen LogP contribution in [-0.2, 0) is 9.47 Å². The number of nitrogens with zero attached hydrogens (tertiary/aromatic N) is 1. The molecule has 0 bridgehead atoms. The molecule has 2 saturated heterocycles. The highest BCUT2D eigenvalue weighted by atomic mass is 16.7. The number of piperidine rings is 1. The number of hydrogen-bond donors (Lipinski definition) is 0. The molecule has 12 heavy (non-hydrogen) atoms. The van der Waals surface area contributed by atoms with Crippen LogP contribution in [0, 0.1) is 0 Å². The van der Waals surface area contributed by atoms with E-state index in [0.29, 0.717) is 0 Å². The van der Waals surface area contributed by atoms with Crippen LogP contribution in [0.1, 0.15) is 19.8 Å². The number of hydrogen-bond acceptors (Lipinski definition) is 3. The van der Waals surface area contributed by atoms with E-state index in [1.807, 2.05) is 0 Å². The summed E-state index contributed by atoms with van der Waals surface area (Å²) in [6.45, 7) is 5.02. The molecular weight excluding hydrogens is 154 g/mol. The van der Waals surface area contributed by atoms with Gasteiger partial charge in [-0.25, -0.2) is 0 Å². The largest absolute Gasteiger partial charge is 0.347 e. The van der Waals surface area contributed by atoms with Crippen LogP contribution < -0.4 is 0 Å². The Morgan fingerprint density at radius 2 is 2.00 bits per heavy atom. The van der Waals surface area contributed by atoms with Crippen LogP contribution in [0.5, 0.6) is 0 Å². The van der Waals surface area contributed by atoms with Gasteiger partial charge >= 0.3 is 0 Å². The SMILES string of the molecule is C[C@H]1COC2(CCN(C)CC2)O1. The van der Waals surface area contributed by atoms with Gasteiger partial charge in [0.25, 0.3) is 0 Å². The van der Waals surface area contributed by atoms with E-state index in [1.165, 1.54) is 0 Å². The van der Waals surface area contributed by atoms with Crippen molar-refractivity contribution in [2.75, 3.05) is 26.7 Å². The summed E-state index contributed by atoms with van der Waals surface area (Å²) in [5.74, 6) is -0.216. The van der Waals surface area contributed by atoms with E-state index in [1.54, 1.807) is 0 Å². The van der Waals surface area contributed by atoms with E-state index in [2.05, 4.69) is 18.9 Å². The monoisotopic (exact) mass is 171 g/mol. The zero-order valence-corrected chi connectivity index (χ0v) is 7.88. The summed E-state index contributed by atoms with van der Waals surface area (Å²) in [6, 6.07) is 0. The van der Waals surface area contributed by atoms with Crippen LogP contribution in [-0.4, -0.2) is 43.5 Å². The third-order valence-corrected chi connectivity index (χ3v) is 2.75. The molecule has 3 nitrogen and oxygen atoms in total. The third-order valence-electron chi connectivity index (χ3n) is 2.75. The molecule has 0 aliphatic carbocycles. The highest BCUT2D eigenvalue weighted by molar-refractivity contribution is 4.83. The molecule has 0 radical (unpaired) electrons. The minimum Gasteiger partial charge on any atom is -0.347 e. The molecule has 3 heteroatoms. The second kappa shape index (κ2) is 2.98. The normalized spacial score (nSPS) is 36.0. The second-order valence-corrected chi connectivity index (χ2v) is 3.95. The first-order valence-electron chi connectivity index (χ1n) is 4.71. The third kappa shape index (κ3) is 1.49. The summed E-state index contributed by atoms with van der Waals surface area (Å²) in [6.07, 6.45) is 2.33. The van der Waals surface area contributed by atoms with Crippen molar-refractivity contribution in [2.45, 2.75) is 31.7 Å². The van der Waals surface area contributed by atoms with Gasteiger partial charge in [0.15, 0.2) is 5.79 Å². The zero-order valence-electron chi connectivity index (χ0n) is 7.88. The fourth-order valence-electron chi connectivity index (χ4n) is 1.93. The van der Waals surface area contributed by atoms with Crippen molar-refractivity contribution in [3.05, 3.63) is 0 Å². The fourth-order valence-corrected chi connectivity index (χ4v) is 1.93. The Balaban J connectivity index is 1.95. The van der Waals surface area contributed by atoms with Crippen molar-refractivity contribution >= 4 is 0 Å². The van der Waals surface area contributed by atoms with Gasteiger partial charge in [-0.15, -0.1) is 0 Å². The van der Waals surface area contributed by atoms with Crippen LogP contribution in [0.2, 0.25) is 0 Å². The molecule has 0 aromatic rings. The molecule has 70 valence electrons. The van der Waals surface area contributed by atoms with E-state index >= 15 is 0 Å². The highest BCUT2D eigenvalue weighted by Gasteiger charge is 2.41. The Morgan fingerprint density at radius 1 is 1.33 bits per heavy atom. The van der Waals surface area contributed by atoms with Gasteiger partial charge in [-0.3, -0.25) is 0 Å². The summed E-state index contributed by atoms with van der Waals surface area (Å²) in [7, 11) is 2.14. The molecule has 2 aliphatic heterocycles. The molecule has 0 N–H and O–H groups in total. The summed E-state index contributed by atoms with van der Waals surface area (Å²) < 4.78 is 11.5. The van der Waals surface area contributed by atoms with E-state index in [0.717, 1.165) is 32.5 Å². The number of ether oxygens (including phenoxy) is 2. The van der Waals surface area contributed by atoms with E-state index < -0.39 is 0 Å². The van der Waals surface area contributed by atoms with Crippen molar-refractivity contribution < 1.29 is 9.47 Å². The minimum absolute atomic E-state index is 0.216.